The highest BCUT2D eigenvalue weighted by Crippen LogP contribution is 2.27. The first-order valence-corrected chi connectivity index (χ1v) is 13.0. The zero-order valence-electron chi connectivity index (χ0n) is 19.7. The lowest BCUT2D eigenvalue weighted by atomic mass is 9.95. The first-order valence-electron chi connectivity index (χ1n) is 11.1. The van der Waals surface area contributed by atoms with Gasteiger partial charge in [0.1, 0.15) is 0 Å². The Labute approximate surface area is 197 Å². The van der Waals surface area contributed by atoms with Crippen molar-refractivity contribution in [1.29, 1.82) is 0 Å². The number of carbonyl (C=O) groups excluding carboxylic acids is 1. The maximum atomic E-state index is 12.9. The maximum Gasteiger partial charge on any atom is 0.232 e. The molecule has 6 heteroatoms. The quantitative estimate of drug-likeness (QED) is 0.481. The van der Waals surface area contributed by atoms with Crippen LogP contribution < -0.4 is 9.62 Å². The van der Waals surface area contributed by atoms with Crippen LogP contribution in [0.3, 0.4) is 0 Å². The van der Waals surface area contributed by atoms with E-state index in [0.717, 1.165) is 27.8 Å². The fourth-order valence-corrected chi connectivity index (χ4v) is 5.00. The summed E-state index contributed by atoms with van der Waals surface area (Å²) in [5.74, 6) is -0.110. The molecule has 0 radical (unpaired) electrons. The van der Waals surface area contributed by atoms with Crippen LogP contribution in [-0.4, -0.2) is 27.1 Å². The van der Waals surface area contributed by atoms with E-state index in [-0.39, 0.29) is 24.9 Å². The minimum Gasteiger partial charge on any atom is -0.345 e. The van der Waals surface area contributed by atoms with E-state index in [1.807, 2.05) is 93.6 Å². The standard InChI is InChI=1S/C27H32N2O3S/c1-20-13-10-17-25(22(20)3)29(33(4,31)32)19-11-18-26(30)28-27(23-14-6-5-7-15-23)24-16-9-8-12-21(24)2/h5-10,12-17,27H,11,18-19H2,1-4H3,(H,28,30)/t27-/m1/s1. The average molecular weight is 465 g/mol. The van der Waals surface area contributed by atoms with Gasteiger partial charge in [0, 0.05) is 13.0 Å². The number of aryl methyl sites for hydroxylation is 2. The number of carbonyl (C=O) groups is 1. The molecule has 0 aliphatic carbocycles. The van der Waals surface area contributed by atoms with Gasteiger partial charge in [-0.25, -0.2) is 8.42 Å². The Balaban J connectivity index is 1.73. The first-order chi connectivity index (χ1) is 15.7. The molecule has 1 N–H and O–H groups in total. The third-order valence-electron chi connectivity index (χ3n) is 5.95. The minimum atomic E-state index is -3.47. The topological polar surface area (TPSA) is 66.5 Å². The molecule has 33 heavy (non-hydrogen) atoms. The predicted octanol–water partition coefficient (Wildman–Crippen LogP) is 5.06. The molecule has 0 aliphatic rings. The predicted molar refractivity (Wildman–Crippen MR) is 135 cm³/mol. The lowest BCUT2D eigenvalue weighted by Crippen LogP contribution is -2.33. The molecular weight excluding hydrogens is 432 g/mol. The van der Waals surface area contributed by atoms with Crippen molar-refractivity contribution in [2.75, 3.05) is 17.1 Å². The number of anilines is 1. The maximum absolute atomic E-state index is 12.9. The molecule has 0 fully saturated rings. The van der Waals surface area contributed by atoms with Crippen molar-refractivity contribution in [3.63, 3.8) is 0 Å². The molecule has 0 spiro atoms. The third kappa shape index (κ3) is 6.23. The number of amides is 1. The largest absolute Gasteiger partial charge is 0.345 e. The molecule has 174 valence electrons. The Kier molecular flexibility index (Phi) is 7.92. The van der Waals surface area contributed by atoms with E-state index < -0.39 is 10.0 Å². The summed E-state index contributed by atoms with van der Waals surface area (Å²) in [7, 11) is -3.47. The molecule has 1 atom stereocenters. The number of hydrogen-bond acceptors (Lipinski definition) is 3. The second kappa shape index (κ2) is 10.7. The van der Waals surface area contributed by atoms with Gasteiger partial charge < -0.3 is 5.32 Å². The van der Waals surface area contributed by atoms with E-state index in [2.05, 4.69) is 5.32 Å². The lowest BCUT2D eigenvalue weighted by molar-refractivity contribution is -0.121. The molecule has 0 saturated carbocycles. The monoisotopic (exact) mass is 464 g/mol. The molecule has 3 aromatic carbocycles. The molecule has 3 aromatic rings. The van der Waals surface area contributed by atoms with Crippen molar-refractivity contribution in [3.05, 3.63) is 101 Å². The normalized spacial score (nSPS) is 12.2. The number of sulfonamides is 1. The molecule has 0 aliphatic heterocycles. The van der Waals surface area contributed by atoms with Crippen LogP contribution in [0.4, 0.5) is 5.69 Å². The van der Waals surface area contributed by atoms with Crippen LogP contribution in [0.5, 0.6) is 0 Å². The van der Waals surface area contributed by atoms with Gasteiger partial charge in [-0.05, 0) is 61.1 Å². The zero-order valence-corrected chi connectivity index (χ0v) is 20.5. The number of hydrogen-bond donors (Lipinski definition) is 1. The highest BCUT2D eigenvalue weighted by atomic mass is 32.2. The summed E-state index contributed by atoms with van der Waals surface area (Å²) in [6, 6.07) is 23.3. The average Bonchev–Trinajstić information content (AvgIpc) is 2.78. The first kappa shape index (κ1) is 24.5. The summed E-state index contributed by atoms with van der Waals surface area (Å²) < 4.78 is 26.4. The van der Waals surface area contributed by atoms with Gasteiger partial charge >= 0.3 is 0 Å². The van der Waals surface area contributed by atoms with Crippen molar-refractivity contribution in [2.24, 2.45) is 0 Å². The fourth-order valence-electron chi connectivity index (χ4n) is 3.98. The molecule has 5 nitrogen and oxygen atoms in total. The Morgan fingerprint density at radius 2 is 1.52 bits per heavy atom. The zero-order chi connectivity index (χ0) is 24.0. The SMILES string of the molecule is Cc1ccccc1[C@H](NC(=O)CCCN(c1cccc(C)c1C)S(C)(=O)=O)c1ccccc1. The summed E-state index contributed by atoms with van der Waals surface area (Å²) in [5, 5.41) is 3.16. The summed E-state index contributed by atoms with van der Waals surface area (Å²) in [5.41, 5.74) is 5.78. The van der Waals surface area contributed by atoms with Gasteiger partial charge in [-0.3, -0.25) is 9.10 Å². The van der Waals surface area contributed by atoms with Crippen molar-refractivity contribution < 1.29 is 13.2 Å². The van der Waals surface area contributed by atoms with Crippen molar-refractivity contribution in [1.82, 2.24) is 5.32 Å². The van der Waals surface area contributed by atoms with Gasteiger partial charge in [-0.2, -0.15) is 0 Å². The van der Waals surface area contributed by atoms with Crippen LogP contribution in [0.25, 0.3) is 0 Å². The van der Waals surface area contributed by atoms with Gasteiger partial charge in [-0.1, -0.05) is 66.7 Å². The Morgan fingerprint density at radius 1 is 0.879 bits per heavy atom. The van der Waals surface area contributed by atoms with Gasteiger partial charge in [0.15, 0.2) is 0 Å². The van der Waals surface area contributed by atoms with Crippen LogP contribution in [-0.2, 0) is 14.8 Å². The number of benzene rings is 3. The second-order valence-corrected chi connectivity index (χ2v) is 10.3. The highest BCUT2D eigenvalue weighted by molar-refractivity contribution is 7.92. The molecule has 0 unspecified atom stereocenters. The second-order valence-electron chi connectivity index (χ2n) is 8.43. The molecule has 0 saturated heterocycles. The van der Waals surface area contributed by atoms with Crippen LogP contribution in [0.1, 0.15) is 46.7 Å². The summed E-state index contributed by atoms with van der Waals surface area (Å²) >= 11 is 0. The minimum absolute atomic E-state index is 0.110. The molecule has 0 aromatic heterocycles. The number of rotatable bonds is 9. The van der Waals surface area contributed by atoms with Gasteiger partial charge in [-0.15, -0.1) is 0 Å². The number of nitrogens with zero attached hydrogens (tertiary/aromatic N) is 1. The molecule has 1 amide bonds. The van der Waals surface area contributed by atoms with E-state index in [9.17, 15) is 13.2 Å². The molecule has 0 heterocycles. The van der Waals surface area contributed by atoms with Crippen LogP contribution in [0.15, 0.2) is 72.8 Å². The van der Waals surface area contributed by atoms with E-state index >= 15 is 0 Å². The van der Waals surface area contributed by atoms with Crippen molar-refractivity contribution in [2.45, 2.75) is 39.7 Å². The smallest absolute Gasteiger partial charge is 0.232 e. The molecule has 3 rings (SSSR count). The van der Waals surface area contributed by atoms with Gasteiger partial charge in [0.05, 0.1) is 18.0 Å². The van der Waals surface area contributed by atoms with E-state index in [1.54, 1.807) is 0 Å². The molecular formula is C27H32N2O3S. The summed E-state index contributed by atoms with van der Waals surface area (Å²) in [6.45, 7) is 6.16. The highest BCUT2D eigenvalue weighted by Gasteiger charge is 2.21. The van der Waals surface area contributed by atoms with Gasteiger partial charge in [0.25, 0.3) is 0 Å². The van der Waals surface area contributed by atoms with E-state index in [1.165, 1.54) is 10.6 Å². The van der Waals surface area contributed by atoms with Gasteiger partial charge in [0.2, 0.25) is 15.9 Å². The van der Waals surface area contributed by atoms with E-state index in [4.69, 9.17) is 0 Å². The van der Waals surface area contributed by atoms with Crippen LogP contribution in [0.2, 0.25) is 0 Å². The summed E-state index contributed by atoms with van der Waals surface area (Å²) in [4.78, 5) is 12.9. The van der Waals surface area contributed by atoms with Crippen molar-refractivity contribution >= 4 is 21.6 Å². The summed E-state index contributed by atoms with van der Waals surface area (Å²) in [6.07, 6.45) is 1.85. The van der Waals surface area contributed by atoms with E-state index in [0.29, 0.717) is 12.1 Å². The molecule has 0 bridgehead atoms. The lowest BCUT2D eigenvalue weighted by Gasteiger charge is -2.25. The number of nitrogens with one attached hydrogen (secondary N) is 1. The third-order valence-corrected chi connectivity index (χ3v) is 7.13. The van der Waals surface area contributed by atoms with Crippen LogP contribution >= 0.6 is 0 Å². The van der Waals surface area contributed by atoms with Crippen molar-refractivity contribution in [3.8, 4) is 0 Å². The Morgan fingerprint density at radius 3 is 2.18 bits per heavy atom. The Hall–Kier alpha value is -3.12. The fraction of sp³-hybridized carbons (Fsp3) is 0.296. The van der Waals surface area contributed by atoms with Crippen LogP contribution in [0, 0.1) is 20.8 Å². The Bertz CT molecular complexity index is 1210.